The summed E-state index contributed by atoms with van der Waals surface area (Å²) in [5.41, 5.74) is 6.20. The number of allylic oxidation sites excluding steroid dienone is 2. The Bertz CT molecular complexity index is 977. The molecule has 4 atom stereocenters. The van der Waals surface area contributed by atoms with E-state index < -0.39 is 5.97 Å². The number of aromatic carboxylic acids is 1. The minimum atomic E-state index is -0.826. The van der Waals surface area contributed by atoms with E-state index in [0.29, 0.717) is 29.9 Å². The number of aryl methyl sites for hydroxylation is 1. The van der Waals surface area contributed by atoms with Crippen LogP contribution in [-0.2, 0) is 17.8 Å². The van der Waals surface area contributed by atoms with Crippen LogP contribution in [0.25, 0.3) is 0 Å². The van der Waals surface area contributed by atoms with Crippen molar-refractivity contribution in [1.29, 1.82) is 0 Å². The van der Waals surface area contributed by atoms with Gasteiger partial charge in [-0.15, -0.1) is 0 Å². The Balaban J connectivity index is 1.30. The van der Waals surface area contributed by atoms with Crippen LogP contribution in [0.5, 0.6) is 0 Å². The molecule has 30 heavy (non-hydrogen) atoms. The number of fused-ring (bicyclic) bond motifs is 5. The number of ether oxygens (including phenoxy) is 1. The molecule has 3 heteroatoms. The molecule has 0 aliphatic heterocycles. The maximum Gasteiger partial charge on any atom is 0.335 e. The van der Waals surface area contributed by atoms with Gasteiger partial charge in [0.25, 0.3) is 0 Å². The highest BCUT2D eigenvalue weighted by atomic mass is 16.5. The third-order valence-corrected chi connectivity index (χ3v) is 7.99. The maximum atomic E-state index is 11.4. The molecule has 1 saturated carbocycles. The highest BCUT2D eigenvalue weighted by Gasteiger charge is 2.50. The first-order chi connectivity index (χ1) is 14.6. The van der Waals surface area contributed by atoms with Gasteiger partial charge in [0.2, 0.25) is 0 Å². The lowest BCUT2D eigenvalue weighted by Gasteiger charge is -2.48. The molecule has 3 unspecified atom stereocenters. The number of rotatable bonds is 5. The van der Waals surface area contributed by atoms with Crippen molar-refractivity contribution in [3.63, 3.8) is 0 Å². The summed E-state index contributed by atoms with van der Waals surface area (Å²) in [6.45, 7) is 3.97. The zero-order valence-corrected chi connectivity index (χ0v) is 17.6. The van der Waals surface area contributed by atoms with Gasteiger partial charge in [0.15, 0.2) is 0 Å². The molecule has 0 heterocycles. The van der Waals surface area contributed by atoms with Gasteiger partial charge in [-0.3, -0.25) is 0 Å². The Morgan fingerprint density at radius 2 is 1.97 bits per heavy atom. The minimum absolute atomic E-state index is 0.246. The summed E-state index contributed by atoms with van der Waals surface area (Å²) in [5.74, 6) is 0.881. The number of carboxylic acids is 1. The smallest absolute Gasteiger partial charge is 0.335 e. The fourth-order valence-electron chi connectivity index (χ4n) is 6.30. The van der Waals surface area contributed by atoms with Crippen LogP contribution in [0.2, 0.25) is 0 Å². The topological polar surface area (TPSA) is 46.5 Å². The molecule has 0 aromatic heterocycles. The monoisotopic (exact) mass is 402 g/mol. The fraction of sp³-hybridized carbons (Fsp3) is 0.444. The van der Waals surface area contributed by atoms with Gasteiger partial charge in [0, 0.05) is 0 Å². The molecule has 0 saturated heterocycles. The minimum Gasteiger partial charge on any atom is -0.478 e. The normalized spacial score (nSPS) is 29.5. The number of carboxylic acid groups (broad SMARTS) is 1. The zero-order valence-electron chi connectivity index (χ0n) is 17.6. The molecular formula is C27H30O3. The van der Waals surface area contributed by atoms with E-state index in [9.17, 15) is 9.90 Å². The molecule has 156 valence electrons. The van der Waals surface area contributed by atoms with Crippen LogP contribution in [0.3, 0.4) is 0 Å². The molecule has 3 nitrogen and oxygen atoms in total. The summed E-state index contributed by atoms with van der Waals surface area (Å²) in [5, 5.41) is 9.33. The van der Waals surface area contributed by atoms with E-state index in [1.54, 1.807) is 11.6 Å². The van der Waals surface area contributed by atoms with Gasteiger partial charge in [0.1, 0.15) is 0 Å². The molecule has 0 radical (unpaired) electrons. The highest BCUT2D eigenvalue weighted by molar-refractivity contribution is 5.88. The molecule has 5 rings (SSSR count). The van der Waals surface area contributed by atoms with Crippen molar-refractivity contribution in [2.24, 2.45) is 17.3 Å². The molecule has 3 aliphatic rings. The number of hydrogen-bond donors (Lipinski definition) is 1. The number of hydrogen-bond acceptors (Lipinski definition) is 2. The zero-order chi connectivity index (χ0) is 20.7. The van der Waals surface area contributed by atoms with E-state index in [-0.39, 0.29) is 5.41 Å². The van der Waals surface area contributed by atoms with E-state index in [1.807, 2.05) is 12.1 Å². The van der Waals surface area contributed by atoms with Crippen molar-refractivity contribution in [3.8, 4) is 0 Å². The summed E-state index contributed by atoms with van der Waals surface area (Å²) in [6, 6.07) is 16.2. The van der Waals surface area contributed by atoms with Crippen LogP contribution in [0.1, 0.15) is 65.6 Å². The van der Waals surface area contributed by atoms with Crippen molar-refractivity contribution in [2.75, 3.05) is 6.61 Å². The molecule has 0 amide bonds. The fourth-order valence-corrected chi connectivity index (χ4v) is 6.30. The van der Waals surface area contributed by atoms with Crippen molar-refractivity contribution in [3.05, 3.63) is 82.4 Å². The van der Waals surface area contributed by atoms with E-state index >= 15 is 0 Å². The van der Waals surface area contributed by atoms with Crippen molar-refractivity contribution < 1.29 is 14.6 Å². The van der Waals surface area contributed by atoms with Gasteiger partial charge in [-0.05, 0) is 84.1 Å². The molecule has 2 aromatic rings. The summed E-state index contributed by atoms with van der Waals surface area (Å²) in [7, 11) is 0. The van der Waals surface area contributed by atoms with Crippen molar-refractivity contribution >= 4 is 5.97 Å². The van der Waals surface area contributed by atoms with Gasteiger partial charge in [-0.25, -0.2) is 4.79 Å². The average Bonchev–Trinajstić information content (AvgIpc) is 3.10. The molecule has 0 spiro atoms. The van der Waals surface area contributed by atoms with Crippen LogP contribution < -0.4 is 0 Å². The van der Waals surface area contributed by atoms with E-state index in [0.717, 1.165) is 25.9 Å². The van der Waals surface area contributed by atoms with Gasteiger partial charge >= 0.3 is 5.97 Å². The summed E-state index contributed by atoms with van der Waals surface area (Å²) in [6.07, 6.45) is 8.14. The third-order valence-electron chi connectivity index (χ3n) is 7.99. The van der Waals surface area contributed by atoms with Gasteiger partial charge < -0.3 is 9.84 Å². The molecule has 2 aromatic carbocycles. The number of benzene rings is 2. The lowest BCUT2D eigenvalue weighted by atomic mass is 9.56. The van der Waals surface area contributed by atoms with Gasteiger partial charge in [-0.2, -0.15) is 0 Å². The van der Waals surface area contributed by atoms with Gasteiger partial charge in [0.05, 0.1) is 18.8 Å². The highest BCUT2D eigenvalue weighted by Crippen LogP contribution is 2.60. The van der Waals surface area contributed by atoms with Crippen LogP contribution in [-0.4, -0.2) is 17.7 Å². The second kappa shape index (κ2) is 7.70. The van der Waals surface area contributed by atoms with E-state index in [4.69, 9.17) is 4.74 Å². The van der Waals surface area contributed by atoms with E-state index in [1.165, 1.54) is 29.5 Å². The summed E-state index contributed by atoms with van der Waals surface area (Å²) < 4.78 is 6.16. The largest absolute Gasteiger partial charge is 0.478 e. The third kappa shape index (κ3) is 3.30. The first-order valence-electron chi connectivity index (χ1n) is 11.2. The molecule has 3 aliphatic carbocycles. The predicted octanol–water partition coefficient (Wildman–Crippen LogP) is 5.99. The second-order valence-corrected chi connectivity index (χ2v) is 9.52. The standard InChI is InChI=1S/C27H30O3/c1-27-14-13-23-22-10-8-20(26(28)29)15-19(22)7-11-24(23)25(27)12-9-21(27)17-30-16-18-5-3-2-4-6-18/h2-6,8,10,12,15,21,23-24H,7,9,11,13-14,16-17H2,1H3,(H,28,29)/t21?,23-,24?,27?/m1/s1. The lowest BCUT2D eigenvalue weighted by Crippen LogP contribution is -2.39. The molecular weight excluding hydrogens is 372 g/mol. The average molecular weight is 403 g/mol. The van der Waals surface area contributed by atoms with Crippen LogP contribution in [0.15, 0.2) is 60.2 Å². The first-order valence-corrected chi connectivity index (χ1v) is 11.2. The van der Waals surface area contributed by atoms with Crippen LogP contribution in [0.4, 0.5) is 0 Å². The molecule has 1 N–H and O–H groups in total. The Morgan fingerprint density at radius 1 is 1.13 bits per heavy atom. The van der Waals surface area contributed by atoms with Crippen LogP contribution >= 0.6 is 0 Å². The summed E-state index contributed by atoms with van der Waals surface area (Å²) >= 11 is 0. The Kier molecular flexibility index (Phi) is 5.02. The number of carbonyl (C=O) groups is 1. The quantitative estimate of drug-likeness (QED) is 0.625. The van der Waals surface area contributed by atoms with Crippen molar-refractivity contribution in [1.82, 2.24) is 0 Å². The first kappa shape index (κ1) is 19.6. The molecule has 0 bridgehead atoms. The Morgan fingerprint density at radius 3 is 2.77 bits per heavy atom. The SMILES string of the molecule is CC12CC[C@@H]3c4ccc(C(=O)O)cc4CCC3C1=CCC2COCc1ccccc1. The Hall–Kier alpha value is -2.39. The predicted molar refractivity (Wildman–Crippen MR) is 118 cm³/mol. The van der Waals surface area contributed by atoms with Gasteiger partial charge in [-0.1, -0.05) is 55.0 Å². The van der Waals surface area contributed by atoms with Crippen molar-refractivity contribution in [2.45, 2.75) is 51.6 Å². The van der Waals surface area contributed by atoms with Crippen LogP contribution in [0, 0.1) is 17.3 Å². The molecule has 1 fully saturated rings. The van der Waals surface area contributed by atoms with E-state index in [2.05, 4.69) is 43.3 Å². The maximum absolute atomic E-state index is 11.4. The second-order valence-electron chi connectivity index (χ2n) is 9.52. The summed E-state index contributed by atoms with van der Waals surface area (Å²) in [4.78, 5) is 11.4. The Labute approximate surface area is 178 Å². The lowest BCUT2D eigenvalue weighted by molar-refractivity contribution is 0.0378.